The summed E-state index contributed by atoms with van der Waals surface area (Å²) in [5.74, 6) is -0.472. The molecule has 0 aliphatic heterocycles. The van der Waals surface area contributed by atoms with Crippen molar-refractivity contribution < 1.29 is 9.18 Å². The van der Waals surface area contributed by atoms with Crippen LogP contribution in [0.5, 0.6) is 0 Å². The zero-order valence-corrected chi connectivity index (χ0v) is 12.6. The van der Waals surface area contributed by atoms with E-state index in [0.29, 0.717) is 16.3 Å². The van der Waals surface area contributed by atoms with Crippen LogP contribution in [-0.2, 0) is 0 Å². The number of hydrogen-bond acceptors (Lipinski definition) is 2. The first kappa shape index (κ1) is 15.3. The van der Waals surface area contributed by atoms with E-state index < -0.39 is 0 Å². The van der Waals surface area contributed by atoms with E-state index in [9.17, 15) is 9.18 Å². The first-order valence-corrected chi connectivity index (χ1v) is 6.85. The van der Waals surface area contributed by atoms with Gasteiger partial charge in [0.2, 0.25) is 0 Å². The molecular weight excluding hydrogens is 291 g/mol. The molecule has 2 aromatic rings. The predicted octanol–water partition coefficient (Wildman–Crippen LogP) is 3.89. The van der Waals surface area contributed by atoms with Gasteiger partial charge < -0.3 is 10.6 Å². The van der Waals surface area contributed by atoms with Crippen LogP contribution in [0.2, 0.25) is 5.02 Å². The van der Waals surface area contributed by atoms with Crippen LogP contribution < -0.4 is 5.73 Å². The van der Waals surface area contributed by atoms with Crippen LogP contribution >= 0.6 is 11.6 Å². The largest absolute Gasteiger partial charge is 0.398 e. The summed E-state index contributed by atoms with van der Waals surface area (Å²) in [5, 5.41) is 0.417. The van der Waals surface area contributed by atoms with Gasteiger partial charge in [-0.1, -0.05) is 23.7 Å². The van der Waals surface area contributed by atoms with E-state index in [-0.39, 0.29) is 17.8 Å². The molecule has 0 radical (unpaired) electrons. The zero-order chi connectivity index (χ0) is 15.6. The van der Waals surface area contributed by atoms with Crippen LogP contribution in [0.1, 0.15) is 28.9 Å². The summed E-state index contributed by atoms with van der Waals surface area (Å²) in [4.78, 5) is 14.0. The lowest BCUT2D eigenvalue weighted by atomic mass is 10.1. The average molecular weight is 307 g/mol. The summed E-state index contributed by atoms with van der Waals surface area (Å²) in [6, 6.07) is 10.7. The number of hydrogen-bond donors (Lipinski definition) is 1. The standard InChI is InChI=1S/C16H16ClFN2O/c1-10(11-3-6-13(18)7-4-11)20(2)16(21)12-5-8-14(17)15(19)9-12/h3-10H,19H2,1-2H3. The third-order valence-electron chi connectivity index (χ3n) is 3.50. The van der Waals surface area contributed by atoms with E-state index in [1.807, 2.05) is 6.92 Å². The number of nitrogen functional groups attached to an aromatic ring is 1. The average Bonchev–Trinajstić information content (AvgIpc) is 2.48. The van der Waals surface area contributed by atoms with Gasteiger partial charge in [0, 0.05) is 12.6 Å². The molecule has 0 aliphatic carbocycles. The molecular formula is C16H16ClFN2O. The molecule has 1 unspecified atom stereocenters. The fourth-order valence-electron chi connectivity index (χ4n) is 2.02. The molecule has 0 aromatic heterocycles. The number of benzene rings is 2. The van der Waals surface area contributed by atoms with Crippen molar-refractivity contribution in [2.75, 3.05) is 12.8 Å². The Kier molecular flexibility index (Phi) is 4.48. The number of carbonyl (C=O) groups excluding carboxylic acids is 1. The first-order valence-electron chi connectivity index (χ1n) is 6.48. The highest BCUT2D eigenvalue weighted by atomic mass is 35.5. The Morgan fingerprint density at radius 3 is 2.43 bits per heavy atom. The van der Waals surface area contributed by atoms with E-state index in [1.54, 1.807) is 42.3 Å². The Balaban J connectivity index is 2.21. The van der Waals surface area contributed by atoms with Crippen LogP contribution in [0, 0.1) is 5.82 Å². The van der Waals surface area contributed by atoms with Gasteiger partial charge in [0.05, 0.1) is 16.8 Å². The number of nitrogens with zero attached hydrogens (tertiary/aromatic N) is 1. The molecule has 1 amide bonds. The van der Waals surface area contributed by atoms with E-state index in [2.05, 4.69) is 0 Å². The van der Waals surface area contributed by atoms with Crippen LogP contribution in [0.15, 0.2) is 42.5 Å². The van der Waals surface area contributed by atoms with Gasteiger partial charge in [-0.25, -0.2) is 4.39 Å². The Bertz CT molecular complexity index is 658. The highest BCUT2D eigenvalue weighted by Gasteiger charge is 2.19. The van der Waals surface area contributed by atoms with E-state index in [0.717, 1.165) is 5.56 Å². The molecule has 0 aliphatic rings. The Labute approximate surface area is 128 Å². The molecule has 0 spiro atoms. The fraction of sp³-hybridized carbons (Fsp3) is 0.188. The van der Waals surface area contributed by atoms with Crippen LogP contribution in [0.4, 0.5) is 10.1 Å². The molecule has 0 bridgehead atoms. The maximum absolute atomic E-state index is 13.0. The van der Waals surface area contributed by atoms with Crippen molar-refractivity contribution in [3.8, 4) is 0 Å². The normalized spacial score (nSPS) is 12.0. The molecule has 0 fully saturated rings. The van der Waals surface area contributed by atoms with Crippen LogP contribution in [0.25, 0.3) is 0 Å². The number of amides is 1. The molecule has 2 rings (SSSR count). The second kappa shape index (κ2) is 6.14. The topological polar surface area (TPSA) is 46.3 Å². The third kappa shape index (κ3) is 3.34. The first-order chi connectivity index (χ1) is 9.90. The number of nitrogens with two attached hydrogens (primary N) is 1. The molecule has 2 aromatic carbocycles. The summed E-state index contributed by atoms with van der Waals surface area (Å²) < 4.78 is 13.0. The van der Waals surface area contributed by atoms with Gasteiger partial charge in [-0.2, -0.15) is 0 Å². The number of carbonyl (C=O) groups is 1. The van der Waals surface area contributed by atoms with Gasteiger partial charge in [-0.05, 0) is 42.8 Å². The minimum atomic E-state index is -0.301. The van der Waals surface area contributed by atoms with Crippen LogP contribution in [-0.4, -0.2) is 17.9 Å². The fourth-order valence-corrected chi connectivity index (χ4v) is 2.14. The Morgan fingerprint density at radius 2 is 1.86 bits per heavy atom. The molecule has 110 valence electrons. The lowest BCUT2D eigenvalue weighted by Gasteiger charge is -2.25. The van der Waals surface area contributed by atoms with Gasteiger partial charge in [0.15, 0.2) is 0 Å². The molecule has 0 heterocycles. The quantitative estimate of drug-likeness (QED) is 0.874. The highest BCUT2D eigenvalue weighted by molar-refractivity contribution is 6.33. The lowest BCUT2D eigenvalue weighted by Crippen LogP contribution is -2.29. The zero-order valence-electron chi connectivity index (χ0n) is 11.8. The van der Waals surface area contributed by atoms with Crippen molar-refractivity contribution in [1.29, 1.82) is 0 Å². The predicted molar refractivity (Wildman–Crippen MR) is 82.8 cm³/mol. The number of halogens is 2. The number of rotatable bonds is 3. The van der Waals surface area contributed by atoms with Crippen molar-refractivity contribution >= 4 is 23.2 Å². The van der Waals surface area contributed by atoms with Gasteiger partial charge in [0.25, 0.3) is 5.91 Å². The summed E-state index contributed by atoms with van der Waals surface area (Å²) in [6.45, 7) is 1.88. The minimum Gasteiger partial charge on any atom is -0.398 e. The number of anilines is 1. The molecule has 0 saturated carbocycles. The smallest absolute Gasteiger partial charge is 0.254 e. The Hall–Kier alpha value is -2.07. The maximum atomic E-state index is 13.0. The van der Waals surface area contributed by atoms with Crippen molar-refractivity contribution in [2.45, 2.75) is 13.0 Å². The maximum Gasteiger partial charge on any atom is 0.254 e. The monoisotopic (exact) mass is 306 g/mol. The van der Waals surface area contributed by atoms with E-state index in [4.69, 9.17) is 17.3 Å². The third-order valence-corrected chi connectivity index (χ3v) is 3.84. The SMILES string of the molecule is CC(c1ccc(F)cc1)N(C)C(=O)c1ccc(Cl)c(N)c1. The molecule has 3 nitrogen and oxygen atoms in total. The van der Waals surface area contributed by atoms with Gasteiger partial charge in [-0.15, -0.1) is 0 Å². The molecule has 1 atom stereocenters. The van der Waals surface area contributed by atoms with Crippen LogP contribution in [0.3, 0.4) is 0 Å². The van der Waals surface area contributed by atoms with Crippen molar-refractivity contribution in [2.24, 2.45) is 0 Å². The summed E-state index contributed by atoms with van der Waals surface area (Å²) >= 11 is 5.85. The van der Waals surface area contributed by atoms with Crippen molar-refractivity contribution in [1.82, 2.24) is 4.90 Å². The lowest BCUT2D eigenvalue weighted by molar-refractivity contribution is 0.0742. The second-order valence-corrected chi connectivity index (χ2v) is 5.29. The molecule has 5 heteroatoms. The summed E-state index contributed by atoms with van der Waals surface area (Å²) in [5.41, 5.74) is 7.41. The highest BCUT2D eigenvalue weighted by Crippen LogP contribution is 2.24. The van der Waals surface area contributed by atoms with Gasteiger partial charge in [0.1, 0.15) is 5.82 Å². The van der Waals surface area contributed by atoms with Gasteiger partial charge in [-0.3, -0.25) is 4.79 Å². The summed E-state index contributed by atoms with van der Waals surface area (Å²) in [6.07, 6.45) is 0. The summed E-state index contributed by atoms with van der Waals surface area (Å²) in [7, 11) is 1.70. The van der Waals surface area contributed by atoms with Gasteiger partial charge >= 0.3 is 0 Å². The second-order valence-electron chi connectivity index (χ2n) is 4.88. The van der Waals surface area contributed by atoms with Crippen molar-refractivity contribution in [3.05, 3.63) is 64.4 Å². The minimum absolute atomic E-state index is 0.171. The van der Waals surface area contributed by atoms with Crippen molar-refractivity contribution in [3.63, 3.8) is 0 Å². The molecule has 2 N–H and O–H groups in total. The molecule has 21 heavy (non-hydrogen) atoms. The van der Waals surface area contributed by atoms with E-state index >= 15 is 0 Å². The molecule has 0 saturated heterocycles. The van der Waals surface area contributed by atoms with E-state index in [1.165, 1.54) is 12.1 Å². The Morgan fingerprint density at radius 1 is 1.24 bits per heavy atom.